The minimum atomic E-state index is 0.119. The minimum absolute atomic E-state index is 0.119. The van der Waals surface area contributed by atoms with Gasteiger partial charge < -0.3 is 9.64 Å². The number of carbonyl (C=O) groups excluding carboxylic acids is 1. The average Bonchev–Trinajstić information content (AvgIpc) is 3.70. The molecule has 4 aliphatic rings. The van der Waals surface area contributed by atoms with Crippen LogP contribution in [0.25, 0.3) is 0 Å². The summed E-state index contributed by atoms with van der Waals surface area (Å²) in [6, 6.07) is 9.80. The highest BCUT2D eigenvalue weighted by Gasteiger charge is 2.47. The zero-order chi connectivity index (χ0) is 20.7. The van der Waals surface area contributed by atoms with Gasteiger partial charge in [-0.2, -0.15) is 0 Å². The highest BCUT2D eigenvalue weighted by Crippen LogP contribution is 2.48. The zero-order valence-corrected chi connectivity index (χ0v) is 19.7. The van der Waals surface area contributed by atoms with Gasteiger partial charge in [0.05, 0.1) is 13.2 Å². The van der Waals surface area contributed by atoms with E-state index in [2.05, 4.69) is 57.0 Å². The normalized spacial score (nSPS) is 30.4. The summed E-state index contributed by atoms with van der Waals surface area (Å²) in [5.74, 6) is 2.37. The number of ether oxygens (including phenoxy) is 1. The summed E-state index contributed by atoms with van der Waals surface area (Å²) in [5, 5.41) is 0. The third kappa shape index (κ3) is 4.49. The summed E-state index contributed by atoms with van der Waals surface area (Å²) >= 11 is 3.58. The van der Waals surface area contributed by atoms with Crippen LogP contribution >= 0.6 is 15.9 Å². The van der Waals surface area contributed by atoms with E-state index in [0.29, 0.717) is 23.9 Å². The first-order valence-electron chi connectivity index (χ1n) is 12.0. The Hall–Kier alpha value is -0.910. The van der Waals surface area contributed by atoms with Gasteiger partial charge in [0.2, 0.25) is 5.91 Å². The summed E-state index contributed by atoms with van der Waals surface area (Å²) in [7, 11) is 2.11. The maximum absolute atomic E-state index is 13.8. The number of nitrogens with zero attached hydrogens (tertiary/aromatic N) is 2. The van der Waals surface area contributed by atoms with Crippen molar-refractivity contribution in [1.29, 1.82) is 0 Å². The fourth-order valence-corrected chi connectivity index (χ4v) is 6.36. The monoisotopic (exact) mass is 474 g/mol. The summed E-state index contributed by atoms with van der Waals surface area (Å²) in [6.07, 6.45) is 8.50. The van der Waals surface area contributed by atoms with Gasteiger partial charge in [-0.15, -0.1) is 0 Å². The zero-order valence-electron chi connectivity index (χ0n) is 18.1. The van der Waals surface area contributed by atoms with Crippen molar-refractivity contribution in [2.45, 2.75) is 62.9 Å². The van der Waals surface area contributed by atoms with Gasteiger partial charge in [-0.3, -0.25) is 9.69 Å². The van der Waals surface area contributed by atoms with E-state index in [-0.39, 0.29) is 5.92 Å². The number of amides is 1. The van der Waals surface area contributed by atoms with E-state index in [0.717, 1.165) is 61.9 Å². The molecule has 164 valence electrons. The molecular formula is C25H35BrN2O2. The molecule has 5 rings (SSSR count). The van der Waals surface area contributed by atoms with Crippen LogP contribution in [0.3, 0.4) is 0 Å². The molecule has 0 aromatic heterocycles. The number of rotatable bonds is 6. The molecule has 0 radical (unpaired) electrons. The van der Waals surface area contributed by atoms with Crippen molar-refractivity contribution in [3.63, 3.8) is 0 Å². The van der Waals surface area contributed by atoms with Gasteiger partial charge in [-0.1, -0.05) is 28.1 Å². The van der Waals surface area contributed by atoms with Crippen molar-refractivity contribution in [3.05, 3.63) is 34.3 Å². The molecule has 1 amide bonds. The lowest BCUT2D eigenvalue weighted by molar-refractivity contribution is -0.139. The van der Waals surface area contributed by atoms with Crippen LogP contribution in [0.15, 0.2) is 28.7 Å². The van der Waals surface area contributed by atoms with E-state index in [9.17, 15) is 4.79 Å². The molecule has 3 saturated carbocycles. The van der Waals surface area contributed by atoms with Crippen molar-refractivity contribution in [3.8, 4) is 0 Å². The van der Waals surface area contributed by atoms with Crippen LogP contribution in [-0.2, 0) is 9.53 Å². The Morgan fingerprint density at radius 3 is 2.27 bits per heavy atom. The number of carbonyl (C=O) groups is 1. The van der Waals surface area contributed by atoms with Crippen LogP contribution in [0, 0.1) is 17.8 Å². The molecule has 1 aromatic carbocycles. The molecule has 1 heterocycles. The standard InChI is InChI=1S/C25H35BrN2O2/c1-27(24(18-2-3-18)19-4-5-19)25(29)22-11-10-21(28-12-14-30-15-13-28)16-23(22)17-6-8-20(26)9-7-17/h6-9,18-19,21-24H,2-5,10-16H2,1H3/t21-,22-,23+/m1/s1. The van der Waals surface area contributed by atoms with Gasteiger partial charge in [0, 0.05) is 42.6 Å². The molecule has 4 nitrogen and oxygen atoms in total. The topological polar surface area (TPSA) is 32.8 Å². The molecule has 0 unspecified atom stereocenters. The second-order valence-electron chi connectivity index (χ2n) is 9.99. The molecule has 0 spiro atoms. The quantitative estimate of drug-likeness (QED) is 0.599. The molecule has 1 aliphatic heterocycles. The molecule has 30 heavy (non-hydrogen) atoms. The van der Waals surface area contributed by atoms with Crippen LogP contribution in [-0.4, -0.2) is 61.1 Å². The van der Waals surface area contributed by atoms with Gasteiger partial charge in [-0.05, 0) is 80.4 Å². The van der Waals surface area contributed by atoms with Crippen LogP contribution in [0.4, 0.5) is 0 Å². The van der Waals surface area contributed by atoms with Crippen molar-refractivity contribution >= 4 is 21.8 Å². The number of morpholine rings is 1. The van der Waals surface area contributed by atoms with Gasteiger partial charge in [-0.25, -0.2) is 0 Å². The predicted molar refractivity (Wildman–Crippen MR) is 122 cm³/mol. The largest absolute Gasteiger partial charge is 0.379 e. The summed E-state index contributed by atoms with van der Waals surface area (Å²) in [5.41, 5.74) is 1.33. The first-order valence-corrected chi connectivity index (χ1v) is 12.7. The number of halogens is 1. The van der Waals surface area contributed by atoms with E-state index in [4.69, 9.17) is 4.74 Å². The fourth-order valence-electron chi connectivity index (χ4n) is 6.10. The van der Waals surface area contributed by atoms with Crippen molar-refractivity contribution in [1.82, 2.24) is 9.80 Å². The maximum atomic E-state index is 13.8. The van der Waals surface area contributed by atoms with Gasteiger partial charge >= 0.3 is 0 Å². The lowest BCUT2D eigenvalue weighted by atomic mass is 9.72. The smallest absolute Gasteiger partial charge is 0.226 e. The third-order valence-electron chi connectivity index (χ3n) is 8.00. The van der Waals surface area contributed by atoms with Crippen molar-refractivity contribution in [2.24, 2.45) is 17.8 Å². The van der Waals surface area contributed by atoms with Crippen LogP contribution < -0.4 is 0 Å². The van der Waals surface area contributed by atoms with Crippen LogP contribution in [0.5, 0.6) is 0 Å². The minimum Gasteiger partial charge on any atom is -0.379 e. The van der Waals surface area contributed by atoms with Crippen molar-refractivity contribution in [2.75, 3.05) is 33.4 Å². The third-order valence-corrected chi connectivity index (χ3v) is 8.53. The Morgan fingerprint density at radius 2 is 1.67 bits per heavy atom. The van der Waals surface area contributed by atoms with E-state index in [1.165, 1.54) is 31.2 Å². The Bertz CT molecular complexity index is 728. The first kappa shape index (κ1) is 21.0. The first-order chi connectivity index (χ1) is 14.6. The molecule has 4 fully saturated rings. The number of hydrogen-bond donors (Lipinski definition) is 0. The summed E-state index contributed by atoms with van der Waals surface area (Å²) < 4.78 is 6.69. The molecule has 3 aliphatic carbocycles. The highest BCUT2D eigenvalue weighted by molar-refractivity contribution is 9.10. The molecule has 1 saturated heterocycles. The Labute approximate surface area is 189 Å². The van der Waals surface area contributed by atoms with Crippen LogP contribution in [0.1, 0.15) is 56.4 Å². The summed E-state index contributed by atoms with van der Waals surface area (Å²) in [6.45, 7) is 3.74. The molecular weight excluding hydrogens is 440 g/mol. The van der Waals surface area contributed by atoms with E-state index < -0.39 is 0 Å². The molecule has 0 N–H and O–H groups in total. The Kier molecular flexibility index (Phi) is 6.23. The van der Waals surface area contributed by atoms with E-state index in [1.54, 1.807) is 0 Å². The van der Waals surface area contributed by atoms with E-state index >= 15 is 0 Å². The predicted octanol–water partition coefficient (Wildman–Crippen LogP) is 4.68. The SMILES string of the molecule is CN(C(=O)[C@@H]1CC[C@@H](N2CCOCC2)C[C@H]1c1ccc(Br)cc1)C(C1CC1)C1CC1. The van der Waals surface area contributed by atoms with E-state index in [1.807, 2.05) is 0 Å². The second-order valence-corrected chi connectivity index (χ2v) is 10.9. The highest BCUT2D eigenvalue weighted by atomic mass is 79.9. The van der Waals surface area contributed by atoms with Crippen LogP contribution in [0.2, 0.25) is 0 Å². The summed E-state index contributed by atoms with van der Waals surface area (Å²) in [4.78, 5) is 18.6. The Morgan fingerprint density at radius 1 is 1.03 bits per heavy atom. The van der Waals surface area contributed by atoms with Gasteiger partial charge in [0.15, 0.2) is 0 Å². The molecule has 1 aromatic rings. The number of benzene rings is 1. The fraction of sp³-hybridized carbons (Fsp3) is 0.720. The second kappa shape index (κ2) is 8.91. The number of hydrogen-bond acceptors (Lipinski definition) is 3. The lowest BCUT2D eigenvalue weighted by Gasteiger charge is -2.44. The van der Waals surface area contributed by atoms with Gasteiger partial charge in [0.25, 0.3) is 0 Å². The lowest BCUT2D eigenvalue weighted by Crippen LogP contribution is -2.50. The molecule has 5 heteroatoms. The maximum Gasteiger partial charge on any atom is 0.226 e. The average molecular weight is 475 g/mol. The van der Waals surface area contributed by atoms with Gasteiger partial charge in [0.1, 0.15) is 0 Å². The molecule has 3 atom stereocenters. The van der Waals surface area contributed by atoms with Crippen molar-refractivity contribution < 1.29 is 9.53 Å². The molecule has 0 bridgehead atoms. The Balaban J connectivity index is 1.36.